The van der Waals surface area contributed by atoms with Crippen LogP contribution in [0.5, 0.6) is 5.75 Å². The number of benzene rings is 2. The minimum Gasteiger partial charge on any atom is -0.494 e. The van der Waals surface area contributed by atoms with Crippen molar-refractivity contribution in [3.63, 3.8) is 0 Å². The molecule has 0 fully saturated rings. The lowest BCUT2D eigenvalue weighted by Crippen LogP contribution is -2.24. The van der Waals surface area contributed by atoms with Crippen molar-refractivity contribution >= 4 is 11.6 Å². The van der Waals surface area contributed by atoms with Crippen molar-refractivity contribution in [3.05, 3.63) is 59.7 Å². The lowest BCUT2D eigenvalue weighted by Gasteiger charge is -2.13. The van der Waals surface area contributed by atoms with Crippen LogP contribution >= 0.6 is 0 Å². The van der Waals surface area contributed by atoms with E-state index in [9.17, 15) is 4.79 Å². The molecule has 0 atom stereocenters. The Morgan fingerprint density at radius 2 is 1.61 bits per heavy atom. The van der Waals surface area contributed by atoms with Gasteiger partial charge in [0.25, 0.3) is 0 Å². The molecule has 0 saturated carbocycles. The summed E-state index contributed by atoms with van der Waals surface area (Å²) < 4.78 is 5.39. The second kappa shape index (κ2) is 8.22. The first kappa shape index (κ1) is 16.9. The fourth-order valence-electron chi connectivity index (χ4n) is 2.23. The maximum atomic E-state index is 12.0. The summed E-state index contributed by atoms with van der Waals surface area (Å²) in [6.07, 6.45) is 0.377. The molecule has 0 aromatic heterocycles. The first-order chi connectivity index (χ1) is 11.1. The zero-order valence-corrected chi connectivity index (χ0v) is 14.0. The zero-order valence-electron chi connectivity index (χ0n) is 14.0. The molecular formula is C19H24N2O2. The number of amides is 1. The van der Waals surface area contributed by atoms with Crippen LogP contribution in [0.15, 0.2) is 48.5 Å². The van der Waals surface area contributed by atoms with E-state index >= 15 is 0 Å². The van der Waals surface area contributed by atoms with Gasteiger partial charge in [-0.1, -0.05) is 24.3 Å². The van der Waals surface area contributed by atoms with E-state index in [1.54, 1.807) is 0 Å². The van der Waals surface area contributed by atoms with E-state index in [0.29, 0.717) is 19.6 Å². The average molecular weight is 312 g/mol. The number of hydrogen-bond donors (Lipinski definition) is 1. The Morgan fingerprint density at radius 1 is 1.00 bits per heavy atom. The van der Waals surface area contributed by atoms with E-state index in [2.05, 4.69) is 5.32 Å². The van der Waals surface area contributed by atoms with Gasteiger partial charge in [0.05, 0.1) is 13.0 Å². The molecule has 0 saturated heterocycles. The van der Waals surface area contributed by atoms with Gasteiger partial charge in [-0.05, 0) is 42.3 Å². The lowest BCUT2D eigenvalue weighted by molar-refractivity contribution is -0.120. The summed E-state index contributed by atoms with van der Waals surface area (Å²) in [5, 5.41) is 2.95. The number of nitrogens with one attached hydrogen (secondary N) is 1. The van der Waals surface area contributed by atoms with Crippen LogP contribution in [0.1, 0.15) is 18.1 Å². The average Bonchev–Trinajstić information content (AvgIpc) is 2.55. The van der Waals surface area contributed by atoms with E-state index in [1.807, 2.05) is 74.4 Å². The van der Waals surface area contributed by atoms with Crippen LogP contribution in [-0.2, 0) is 17.8 Å². The minimum atomic E-state index is 0.0193. The SMILES string of the molecule is CCOc1ccc(CC(=O)NCc2ccc(N(C)C)cc2)cc1. The van der Waals surface area contributed by atoms with Gasteiger partial charge < -0.3 is 15.0 Å². The summed E-state index contributed by atoms with van der Waals surface area (Å²) in [4.78, 5) is 14.1. The number of carbonyl (C=O) groups is 1. The summed E-state index contributed by atoms with van der Waals surface area (Å²) in [5.74, 6) is 0.850. The highest BCUT2D eigenvalue weighted by atomic mass is 16.5. The third-order valence-corrected chi connectivity index (χ3v) is 3.54. The van der Waals surface area contributed by atoms with Crippen molar-refractivity contribution in [3.8, 4) is 5.75 Å². The Balaban J connectivity index is 1.82. The molecule has 2 aromatic carbocycles. The van der Waals surface area contributed by atoms with Gasteiger partial charge in [0.15, 0.2) is 0 Å². The molecule has 0 bridgehead atoms. The summed E-state index contributed by atoms with van der Waals surface area (Å²) in [5.41, 5.74) is 3.22. The first-order valence-electron chi connectivity index (χ1n) is 7.83. The summed E-state index contributed by atoms with van der Waals surface area (Å²) in [6.45, 7) is 3.14. The third-order valence-electron chi connectivity index (χ3n) is 3.54. The maximum Gasteiger partial charge on any atom is 0.224 e. The van der Waals surface area contributed by atoms with Crippen molar-refractivity contribution in [1.82, 2.24) is 5.32 Å². The largest absolute Gasteiger partial charge is 0.494 e. The van der Waals surface area contributed by atoms with Crippen molar-refractivity contribution in [2.75, 3.05) is 25.6 Å². The second-order valence-electron chi connectivity index (χ2n) is 5.59. The van der Waals surface area contributed by atoms with Crippen LogP contribution in [-0.4, -0.2) is 26.6 Å². The molecule has 0 aliphatic carbocycles. The molecular weight excluding hydrogens is 288 g/mol. The van der Waals surface area contributed by atoms with Gasteiger partial charge in [0.1, 0.15) is 5.75 Å². The predicted octanol–water partition coefficient (Wildman–Crippen LogP) is 3.01. The quantitative estimate of drug-likeness (QED) is 0.854. The van der Waals surface area contributed by atoms with Crippen LogP contribution in [0.3, 0.4) is 0 Å². The van der Waals surface area contributed by atoms with Gasteiger partial charge >= 0.3 is 0 Å². The summed E-state index contributed by atoms with van der Waals surface area (Å²) in [7, 11) is 4.02. The highest BCUT2D eigenvalue weighted by molar-refractivity contribution is 5.78. The predicted molar refractivity (Wildman–Crippen MR) is 93.9 cm³/mol. The first-order valence-corrected chi connectivity index (χ1v) is 7.83. The summed E-state index contributed by atoms with van der Waals surface area (Å²) >= 11 is 0. The molecule has 0 heterocycles. The molecule has 0 aliphatic heterocycles. The van der Waals surface area contributed by atoms with E-state index in [-0.39, 0.29) is 5.91 Å². The van der Waals surface area contributed by atoms with Gasteiger partial charge in [0.2, 0.25) is 5.91 Å². The molecule has 0 spiro atoms. The molecule has 1 N–H and O–H groups in total. The van der Waals surface area contributed by atoms with Crippen LogP contribution in [0.25, 0.3) is 0 Å². The van der Waals surface area contributed by atoms with Crippen LogP contribution in [0.2, 0.25) is 0 Å². The Bertz CT molecular complexity index is 619. The van der Waals surface area contributed by atoms with Gasteiger partial charge in [-0.25, -0.2) is 0 Å². The number of ether oxygens (including phenoxy) is 1. The smallest absolute Gasteiger partial charge is 0.224 e. The zero-order chi connectivity index (χ0) is 16.7. The minimum absolute atomic E-state index is 0.0193. The highest BCUT2D eigenvalue weighted by Crippen LogP contribution is 2.13. The molecule has 2 aromatic rings. The Kier molecular flexibility index (Phi) is 6.03. The van der Waals surface area contributed by atoms with Crippen LogP contribution < -0.4 is 15.0 Å². The monoisotopic (exact) mass is 312 g/mol. The molecule has 1 amide bonds. The Hall–Kier alpha value is -2.49. The van der Waals surface area contributed by atoms with Crippen LogP contribution in [0.4, 0.5) is 5.69 Å². The van der Waals surface area contributed by atoms with E-state index in [0.717, 1.165) is 22.6 Å². The molecule has 0 aliphatic rings. The van der Waals surface area contributed by atoms with E-state index in [1.165, 1.54) is 0 Å². The summed E-state index contributed by atoms with van der Waals surface area (Å²) in [6, 6.07) is 15.8. The van der Waals surface area contributed by atoms with Gasteiger partial charge in [0, 0.05) is 26.3 Å². The number of carbonyl (C=O) groups excluding carboxylic acids is 1. The van der Waals surface area contributed by atoms with Crippen molar-refractivity contribution < 1.29 is 9.53 Å². The topological polar surface area (TPSA) is 41.6 Å². The van der Waals surface area contributed by atoms with Gasteiger partial charge in [-0.15, -0.1) is 0 Å². The molecule has 0 unspecified atom stereocenters. The molecule has 4 nitrogen and oxygen atoms in total. The molecule has 0 radical (unpaired) electrons. The van der Waals surface area contributed by atoms with Gasteiger partial charge in [-0.3, -0.25) is 4.79 Å². The molecule has 122 valence electrons. The fraction of sp³-hybridized carbons (Fsp3) is 0.316. The third kappa shape index (κ3) is 5.33. The normalized spacial score (nSPS) is 10.2. The fourth-order valence-corrected chi connectivity index (χ4v) is 2.23. The molecule has 4 heteroatoms. The Labute approximate surface area is 138 Å². The van der Waals surface area contributed by atoms with E-state index < -0.39 is 0 Å². The maximum absolute atomic E-state index is 12.0. The number of anilines is 1. The van der Waals surface area contributed by atoms with E-state index in [4.69, 9.17) is 4.74 Å². The van der Waals surface area contributed by atoms with Crippen molar-refractivity contribution in [1.29, 1.82) is 0 Å². The molecule has 23 heavy (non-hydrogen) atoms. The number of hydrogen-bond acceptors (Lipinski definition) is 3. The van der Waals surface area contributed by atoms with Crippen molar-refractivity contribution in [2.45, 2.75) is 19.9 Å². The van der Waals surface area contributed by atoms with Gasteiger partial charge in [-0.2, -0.15) is 0 Å². The second-order valence-corrected chi connectivity index (χ2v) is 5.59. The number of nitrogens with zero attached hydrogens (tertiary/aromatic N) is 1. The standard InChI is InChI=1S/C19H24N2O2/c1-4-23-18-11-7-15(8-12-18)13-19(22)20-14-16-5-9-17(10-6-16)21(2)3/h5-12H,4,13-14H2,1-3H3,(H,20,22). The highest BCUT2D eigenvalue weighted by Gasteiger charge is 2.04. The lowest BCUT2D eigenvalue weighted by atomic mass is 10.1. The Morgan fingerprint density at radius 3 is 2.17 bits per heavy atom. The van der Waals surface area contributed by atoms with Crippen molar-refractivity contribution in [2.24, 2.45) is 0 Å². The van der Waals surface area contributed by atoms with Crippen LogP contribution in [0, 0.1) is 0 Å². The molecule has 2 rings (SSSR count). The number of rotatable bonds is 7.